The molecule has 11 rings (SSSR count). The fraction of sp³-hybridized carbons (Fsp3) is 0.509. The van der Waals surface area contributed by atoms with Crippen LogP contribution < -0.4 is 15.8 Å². The lowest BCUT2D eigenvalue weighted by atomic mass is 9.87. The Labute approximate surface area is 411 Å². The molecule has 2 aromatic heterocycles. The Balaban J connectivity index is 0.645. The topological polar surface area (TPSA) is 131 Å². The van der Waals surface area contributed by atoms with Crippen molar-refractivity contribution in [1.29, 1.82) is 0 Å². The van der Waals surface area contributed by atoms with Crippen LogP contribution in [0.3, 0.4) is 0 Å². The van der Waals surface area contributed by atoms with E-state index in [1.165, 1.54) is 28.7 Å². The number of rotatable bonds is 11. The van der Waals surface area contributed by atoms with Gasteiger partial charge in [-0.2, -0.15) is 0 Å². The van der Waals surface area contributed by atoms with Crippen LogP contribution in [0.5, 0.6) is 0 Å². The van der Waals surface area contributed by atoms with E-state index in [4.69, 9.17) is 0 Å². The molecule has 71 heavy (non-hydrogen) atoms. The molecule has 2 aromatic carbocycles. The van der Waals surface area contributed by atoms with E-state index in [9.17, 15) is 24.1 Å². The molecule has 372 valence electrons. The maximum absolute atomic E-state index is 15.9. The lowest BCUT2D eigenvalue weighted by Crippen LogP contribution is -2.51. The number of fused-ring (bicyclic) bond motifs is 3. The normalized spacial score (nSPS) is 23.1. The number of carbonyl (C=O) groups excluding carboxylic acids is 3. The molecule has 4 saturated heterocycles. The standard InChI is InChI=1S/C55H61F3N8O5/c1-33-39(25-41-46(5-15-60-51(33)41)64-23-12-40(59-2)29-49(64)67)32-62-19-10-36(11-20-62)50-44(57)27-38(28-45(50)58)52(68)63-21-8-35(9-22-63)31-61-17-6-34(7-18-61)24-37-26-42-48(30-43(37)56)66(54(70)55(42)13-14-55)47-4-3-16-65(71)53(47)69/h5,12,15,23,25-30,33-36,47H,3-4,6-11,13-14,16-22,24,31-32H2,1-2H3/p+1/t33-,47-/m1/s1. The molecule has 2 atom stereocenters. The van der Waals surface area contributed by atoms with Crippen LogP contribution in [0.25, 0.3) is 11.8 Å². The summed E-state index contributed by atoms with van der Waals surface area (Å²) in [6.07, 6.45) is 13.1. The van der Waals surface area contributed by atoms with Gasteiger partial charge in [0.05, 0.1) is 27.2 Å². The largest absolute Gasteiger partial charge is 0.455 e. The van der Waals surface area contributed by atoms with Gasteiger partial charge in [-0.25, -0.2) is 18.0 Å². The molecular weight excluding hydrogens is 910 g/mol. The summed E-state index contributed by atoms with van der Waals surface area (Å²) in [6.45, 7) is 7.97. The minimum Gasteiger partial charge on any atom is -0.388 e. The summed E-state index contributed by atoms with van der Waals surface area (Å²) < 4.78 is 49.6. The van der Waals surface area contributed by atoms with Gasteiger partial charge in [0.25, 0.3) is 11.5 Å². The molecule has 1 spiro atoms. The average Bonchev–Trinajstić information content (AvgIpc) is 4.07. The number of nitroso groups, excluding NO2 is 1. The second kappa shape index (κ2) is 18.9. The van der Waals surface area contributed by atoms with Crippen LogP contribution in [-0.4, -0.2) is 119 Å². The Kier molecular flexibility index (Phi) is 12.6. The van der Waals surface area contributed by atoms with Crippen LogP contribution >= 0.6 is 0 Å². The van der Waals surface area contributed by atoms with Gasteiger partial charge in [-0.3, -0.25) is 33.7 Å². The highest BCUT2D eigenvalue weighted by Crippen LogP contribution is 2.58. The quantitative estimate of drug-likeness (QED) is 0.150. The van der Waals surface area contributed by atoms with Crippen molar-refractivity contribution in [3.8, 4) is 5.69 Å². The predicted octanol–water partition coefficient (Wildman–Crippen LogP) is 7.72. The molecule has 3 amide bonds. The number of benzene rings is 2. The first kappa shape index (κ1) is 47.3. The number of aromatic nitrogens is 2. The van der Waals surface area contributed by atoms with Gasteiger partial charge in [0.2, 0.25) is 12.5 Å². The van der Waals surface area contributed by atoms with Crippen molar-refractivity contribution in [2.45, 2.75) is 101 Å². The highest BCUT2D eigenvalue weighted by molar-refractivity contribution is 6.13. The average molecular weight is 972 g/mol. The van der Waals surface area contributed by atoms with Gasteiger partial charge in [-0.1, -0.05) is 6.92 Å². The molecule has 1 saturated carbocycles. The van der Waals surface area contributed by atoms with Crippen LogP contribution in [0.2, 0.25) is 0 Å². The number of piperidine rings is 4. The van der Waals surface area contributed by atoms with Gasteiger partial charge < -0.3 is 15.1 Å². The summed E-state index contributed by atoms with van der Waals surface area (Å²) in [4.78, 5) is 77.9. The maximum atomic E-state index is 15.9. The molecule has 5 fully saturated rings. The number of likely N-dealkylation sites (tertiary alicyclic amines) is 3. The van der Waals surface area contributed by atoms with Crippen molar-refractivity contribution in [3.05, 3.63) is 127 Å². The van der Waals surface area contributed by atoms with Crippen molar-refractivity contribution in [1.82, 2.24) is 24.3 Å². The summed E-state index contributed by atoms with van der Waals surface area (Å²) in [5.41, 5.74) is 5.69. The number of pyridine rings is 2. The molecule has 7 heterocycles. The van der Waals surface area contributed by atoms with Crippen LogP contribution in [0.1, 0.15) is 121 Å². The number of amides is 3. The van der Waals surface area contributed by atoms with E-state index in [-0.39, 0.29) is 58.6 Å². The maximum Gasteiger partial charge on any atom is 0.455 e. The molecule has 0 bridgehead atoms. The molecule has 0 radical (unpaired) electrons. The van der Waals surface area contributed by atoms with E-state index in [2.05, 4.69) is 33.1 Å². The Morgan fingerprint density at radius 1 is 0.831 bits per heavy atom. The number of carbonyl (C=O) groups is 3. The van der Waals surface area contributed by atoms with Gasteiger partial charge in [0, 0.05) is 91.3 Å². The molecule has 16 heteroatoms. The number of anilines is 2. The third-order valence-electron chi connectivity index (χ3n) is 17.1. The van der Waals surface area contributed by atoms with E-state index in [1.807, 2.05) is 18.2 Å². The highest BCUT2D eigenvalue weighted by Gasteiger charge is 2.62. The lowest BCUT2D eigenvalue weighted by Gasteiger charge is -2.38. The third-order valence-corrected chi connectivity index (χ3v) is 17.1. The molecule has 13 nitrogen and oxygen atoms in total. The zero-order valence-electron chi connectivity index (χ0n) is 40.6. The summed E-state index contributed by atoms with van der Waals surface area (Å²) in [5.74, 6) is -2.42. The van der Waals surface area contributed by atoms with E-state index in [0.29, 0.717) is 99.6 Å². The van der Waals surface area contributed by atoms with Crippen LogP contribution in [0.15, 0.2) is 65.2 Å². The Hall–Kier alpha value is -6.00. The lowest BCUT2D eigenvalue weighted by molar-refractivity contribution is -0.477. The van der Waals surface area contributed by atoms with Crippen molar-refractivity contribution in [2.24, 2.45) is 11.8 Å². The first-order valence-corrected chi connectivity index (χ1v) is 25.8. The fourth-order valence-electron chi connectivity index (χ4n) is 12.8. The molecule has 4 aromatic rings. The van der Waals surface area contributed by atoms with E-state index < -0.39 is 29.0 Å². The van der Waals surface area contributed by atoms with Crippen LogP contribution in [0.4, 0.5) is 24.5 Å². The van der Waals surface area contributed by atoms with Crippen LogP contribution in [-0.2, 0) is 21.4 Å². The first-order valence-electron chi connectivity index (χ1n) is 25.8. The molecule has 2 aliphatic carbocycles. The smallest absolute Gasteiger partial charge is 0.388 e. The van der Waals surface area contributed by atoms with Crippen molar-refractivity contribution >= 4 is 35.2 Å². The summed E-state index contributed by atoms with van der Waals surface area (Å²) >= 11 is 0. The zero-order chi connectivity index (χ0) is 49.3. The van der Waals surface area contributed by atoms with E-state index in [1.54, 1.807) is 35.0 Å². The number of nitrogens with one attached hydrogen (secondary N) is 1. The van der Waals surface area contributed by atoms with Gasteiger partial charge in [-0.05, 0) is 167 Å². The summed E-state index contributed by atoms with van der Waals surface area (Å²) in [7, 11) is 1.78. The summed E-state index contributed by atoms with van der Waals surface area (Å²) in [6, 6.07) is 10.2. The SMILES string of the molecule is CNc1ccn(-c2ccnc3c2C=C(CN2CCC(c4c(F)cc(C(=O)N5CCC(CN6CCC(Cc7cc8c(cc7F)N([C@@H]7CCC[N+](=O)C7=O)C(=O)C87CC7)CC6)CC5)cc4F)CC2)[C@H]3C)c(=O)c1. The Morgan fingerprint density at radius 3 is 2.23 bits per heavy atom. The second-order valence-corrected chi connectivity index (χ2v) is 21.3. The third kappa shape index (κ3) is 8.72. The molecule has 5 aliphatic heterocycles. The van der Waals surface area contributed by atoms with Gasteiger partial charge in [0.1, 0.15) is 17.5 Å². The van der Waals surface area contributed by atoms with Crippen LogP contribution in [0, 0.1) is 34.2 Å². The van der Waals surface area contributed by atoms with Crippen molar-refractivity contribution in [3.63, 3.8) is 0 Å². The highest BCUT2D eigenvalue weighted by atomic mass is 19.1. The number of hydrogen-bond donors (Lipinski definition) is 1. The number of nitrogens with zero attached hydrogens (tertiary/aromatic N) is 7. The monoisotopic (exact) mass is 971 g/mol. The second-order valence-electron chi connectivity index (χ2n) is 21.3. The molecule has 1 N–H and O–H groups in total. The number of hydrogen-bond acceptors (Lipinski definition) is 9. The minimum absolute atomic E-state index is 0.0441. The van der Waals surface area contributed by atoms with Crippen molar-refractivity contribution in [2.75, 3.05) is 76.2 Å². The summed E-state index contributed by atoms with van der Waals surface area (Å²) in [5, 5.41) is 3.01. The van der Waals surface area contributed by atoms with Gasteiger partial charge in [-0.15, -0.1) is 0 Å². The molecule has 0 unspecified atom stereocenters. The van der Waals surface area contributed by atoms with E-state index >= 15 is 13.2 Å². The zero-order valence-corrected chi connectivity index (χ0v) is 40.6. The first-order chi connectivity index (χ1) is 34.3. The fourth-order valence-corrected chi connectivity index (χ4v) is 12.8. The molecular formula is C55H62F3N8O5+. The predicted molar refractivity (Wildman–Crippen MR) is 263 cm³/mol. The van der Waals surface area contributed by atoms with E-state index in [0.717, 1.165) is 73.5 Å². The number of halogens is 3. The van der Waals surface area contributed by atoms with Crippen molar-refractivity contribution < 1.29 is 32.3 Å². The van der Waals surface area contributed by atoms with Gasteiger partial charge in [0.15, 0.2) is 6.04 Å². The Bertz CT molecular complexity index is 2890. The minimum atomic E-state index is -0.877. The Morgan fingerprint density at radius 2 is 1.54 bits per heavy atom. The molecule has 7 aliphatic rings. The van der Waals surface area contributed by atoms with Gasteiger partial charge >= 0.3 is 5.91 Å².